The molecule has 2 unspecified atom stereocenters. The number of carboxylic acid groups (broad SMARTS) is 1. The molecule has 1 aromatic rings. The van der Waals surface area contributed by atoms with Crippen molar-refractivity contribution in [1.82, 2.24) is 20.5 Å². The molecule has 4 rings (SSSR count). The number of thioether (sulfide) groups is 2. The summed E-state index contributed by atoms with van der Waals surface area (Å²) in [6, 6.07) is -0.984. The molecule has 3 heterocycles. The van der Waals surface area contributed by atoms with Gasteiger partial charge in [-0.2, -0.15) is 11.8 Å². The van der Waals surface area contributed by atoms with Crippen LogP contribution >= 0.6 is 34.9 Å². The molecule has 3 aliphatic rings. The number of aliphatic carboxylic acids is 1. The fourth-order valence-electron chi connectivity index (χ4n) is 4.26. The Kier molecular flexibility index (Phi) is 10.7. The van der Waals surface area contributed by atoms with Crippen molar-refractivity contribution in [3.05, 3.63) is 34.5 Å². The van der Waals surface area contributed by atoms with Crippen molar-refractivity contribution in [2.75, 3.05) is 29.1 Å². The molecule has 2 aliphatic heterocycles. The smallest absolute Gasteiger partial charge is 0.407 e. The number of ether oxygens (including phenoxy) is 1. The Hall–Kier alpha value is -3.57. The van der Waals surface area contributed by atoms with E-state index in [2.05, 4.69) is 26.1 Å². The second-order valence-corrected chi connectivity index (χ2v) is 13.6. The number of aromatic nitrogens is 1. The Morgan fingerprint density at radius 3 is 2.79 bits per heavy atom. The minimum Gasteiger partial charge on any atom is -0.477 e. The fourth-order valence-corrected chi connectivity index (χ4v) is 7.26. The van der Waals surface area contributed by atoms with Crippen LogP contribution in [0.3, 0.4) is 0 Å². The van der Waals surface area contributed by atoms with Gasteiger partial charge < -0.3 is 30.6 Å². The average Bonchev–Trinajstić information content (AvgIpc) is 3.63. The number of oxime groups is 1. The largest absolute Gasteiger partial charge is 0.477 e. The molecule has 1 aliphatic carbocycles. The molecule has 17 heteroatoms. The van der Waals surface area contributed by atoms with Crippen LogP contribution in [0.15, 0.2) is 34.0 Å². The van der Waals surface area contributed by atoms with Gasteiger partial charge in [0.15, 0.2) is 10.8 Å². The van der Waals surface area contributed by atoms with Crippen molar-refractivity contribution in [2.45, 2.75) is 56.7 Å². The van der Waals surface area contributed by atoms with Gasteiger partial charge >= 0.3 is 12.1 Å². The van der Waals surface area contributed by atoms with Crippen molar-refractivity contribution in [3.63, 3.8) is 0 Å². The highest BCUT2D eigenvalue weighted by Crippen LogP contribution is 2.41. The van der Waals surface area contributed by atoms with Gasteiger partial charge in [0.1, 0.15) is 34.5 Å². The number of thiazole rings is 1. The zero-order valence-corrected chi connectivity index (χ0v) is 26.1. The molecule has 232 valence electrons. The van der Waals surface area contributed by atoms with Crippen molar-refractivity contribution >= 4 is 76.0 Å². The minimum atomic E-state index is -1.23. The third-order valence-electron chi connectivity index (χ3n) is 6.12. The molecule has 0 spiro atoms. The first kappa shape index (κ1) is 32.3. The van der Waals surface area contributed by atoms with E-state index in [4.69, 9.17) is 9.57 Å². The van der Waals surface area contributed by atoms with E-state index in [0.29, 0.717) is 42.2 Å². The van der Waals surface area contributed by atoms with Crippen LogP contribution in [0, 0.1) is 0 Å². The Morgan fingerprint density at radius 1 is 1.33 bits per heavy atom. The molecular formula is C26H32N6O8S3. The van der Waals surface area contributed by atoms with Crippen molar-refractivity contribution in [3.8, 4) is 0 Å². The molecule has 43 heavy (non-hydrogen) atoms. The second kappa shape index (κ2) is 14.3. The number of amides is 4. The van der Waals surface area contributed by atoms with Crippen LogP contribution in [-0.2, 0) is 28.8 Å². The number of β-lactam (4-membered cyclic amide) rings is 1. The standard InChI is InChI=1S/C26H32N6O8S3/c1-26(2,3)39-25(38)27-8-9-41-10-14-11-42-22-18(21(35)32(22)19(14)23(36)37)30-20(34)17(31-40-15-6-4-5-7-15)16-12-43-24(29-16)28-13-33/h4,6,12-13,15,18,22H,5,7-11H2,1-3H3,(H,27,38)(H,30,34)(H,36,37)(H,28,29,33)/t15?,18?,22-/m0/s1. The number of hydrogen-bond acceptors (Lipinski definition) is 12. The molecule has 0 saturated carbocycles. The van der Waals surface area contributed by atoms with Gasteiger partial charge in [0.2, 0.25) is 6.41 Å². The maximum absolute atomic E-state index is 13.3. The molecule has 4 N–H and O–H groups in total. The van der Waals surface area contributed by atoms with E-state index in [1.165, 1.54) is 33.8 Å². The highest BCUT2D eigenvalue weighted by atomic mass is 32.2. The first-order valence-corrected chi connectivity index (χ1v) is 16.4. The Morgan fingerprint density at radius 2 is 2.12 bits per heavy atom. The maximum atomic E-state index is 13.3. The molecule has 0 aromatic carbocycles. The highest BCUT2D eigenvalue weighted by Gasteiger charge is 2.54. The monoisotopic (exact) mass is 652 g/mol. The number of anilines is 1. The van der Waals surface area contributed by atoms with Gasteiger partial charge in [-0.3, -0.25) is 19.3 Å². The summed E-state index contributed by atoms with van der Waals surface area (Å²) in [4.78, 5) is 72.2. The first-order chi connectivity index (χ1) is 20.5. The van der Waals surface area contributed by atoms with Crippen molar-refractivity contribution in [2.24, 2.45) is 5.16 Å². The Labute approximate surface area is 260 Å². The van der Waals surface area contributed by atoms with E-state index in [-0.39, 0.29) is 28.3 Å². The lowest BCUT2D eigenvalue weighted by Crippen LogP contribution is -2.71. The Bertz CT molecular complexity index is 1350. The van der Waals surface area contributed by atoms with E-state index < -0.39 is 40.9 Å². The van der Waals surface area contributed by atoms with Gasteiger partial charge in [-0.25, -0.2) is 14.6 Å². The van der Waals surface area contributed by atoms with Crippen LogP contribution < -0.4 is 16.0 Å². The topological polar surface area (TPSA) is 189 Å². The molecular weight excluding hydrogens is 621 g/mol. The van der Waals surface area contributed by atoms with Crippen LogP contribution in [0.4, 0.5) is 9.93 Å². The third-order valence-corrected chi connectivity index (χ3v) is 9.28. The van der Waals surface area contributed by atoms with Gasteiger partial charge in [0.25, 0.3) is 11.8 Å². The van der Waals surface area contributed by atoms with Crippen molar-refractivity contribution < 1.29 is 38.7 Å². The van der Waals surface area contributed by atoms with Gasteiger partial charge in [-0.05, 0) is 45.3 Å². The lowest BCUT2D eigenvalue weighted by molar-refractivity contribution is -0.150. The summed E-state index contributed by atoms with van der Waals surface area (Å²) in [6.45, 7) is 5.63. The molecule has 1 saturated heterocycles. The van der Waals surface area contributed by atoms with Crippen LogP contribution in [0.2, 0.25) is 0 Å². The molecule has 1 fully saturated rings. The maximum Gasteiger partial charge on any atom is 0.407 e. The van der Waals surface area contributed by atoms with Gasteiger partial charge in [0, 0.05) is 29.2 Å². The van der Waals surface area contributed by atoms with Crippen molar-refractivity contribution in [1.29, 1.82) is 0 Å². The summed E-state index contributed by atoms with van der Waals surface area (Å²) < 4.78 is 5.19. The summed E-state index contributed by atoms with van der Waals surface area (Å²) >= 11 is 3.86. The summed E-state index contributed by atoms with van der Waals surface area (Å²) in [5.74, 6) is -1.30. The minimum absolute atomic E-state index is 0.0961. The molecule has 1 aromatic heterocycles. The second-order valence-electron chi connectivity index (χ2n) is 10.5. The summed E-state index contributed by atoms with van der Waals surface area (Å²) in [5, 5.41) is 22.9. The third kappa shape index (κ3) is 8.29. The predicted molar refractivity (Wildman–Crippen MR) is 163 cm³/mol. The van der Waals surface area contributed by atoms with Crippen LogP contribution in [0.25, 0.3) is 0 Å². The molecule has 3 atom stereocenters. The SMILES string of the molecule is CC(C)(C)OC(=O)NCCSCC1=C(C(=O)O)N2C(=O)C(NC(=O)C(=NOC3C=CCC3)c3csc(NC=O)n3)[C@@H]2SC1. The quantitative estimate of drug-likeness (QED) is 0.0610. The van der Waals surface area contributed by atoms with Gasteiger partial charge in [0.05, 0.1) is 0 Å². The van der Waals surface area contributed by atoms with E-state index in [0.717, 1.165) is 17.8 Å². The van der Waals surface area contributed by atoms with E-state index >= 15 is 0 Å². The van der Waals surface area contributed by atoms with Crippen LogP contribution in [0.5, 0.6) is 0 Å². The molecule has 14 nitrogen and oxygen atoms in total. The predicted octanol–water partition coefficient (Wildman–Crippen LogP) is 2.15. The fraction of sp³-hybridized carbons (Fsp3) is 0.500. The van der Waals surface area contributed by atoms with Gasteiger partial charge in [-0.1, -0.05) is 11.2 Å². The normalized spacial score (nSPS) is 21.6. The summed E-state index contributed by atoms with van der Waals surface area (Å²) in [7, 11) is 0. The highest BCUT2D eigenvalue weighted by molar-refractivity contribution is 8.01. The number of alkyl carbamates (subject to hydrolysis) is 1. The number of nitrogens with one attached hydrogen (secondary N) is 3. The number of fused-ring (bicyclic) bond motifs is 1. The number of rotatable bonds is 13. The average molecular weight is 653 g/mol. The first-order valence-electron chi connectivity index (χ1n) is 13.3. The number of hydrogen-bond donors (Lipinski definition) is 4. The van der Waals surface area contributed by atoms with E-state index in [1.54, 1.807) is 20.8 Å². The number of carbonyl (C=O) groups excluding carboxylic acids is 4. The van der Waals surface area contributed by atoms with Crippen LogP contribution in [-0.4, -0.2) is 97.9 Å². The lowest BCUT2D eigenvalue weighted by Gasteiger charge is -2.49. The number of nitrogens with zero attached hydrogens (tertiary/aromatic N) is 3. The van der Waals surface area contributed by atoms with E-state index in [1.807, 2.05) is 12.2 Å². The summed E-state index contributed by atoms with van der Waals surface area (Å²) in [5.41, 5.74) is -0.147. The number of carboxylic acids is 1. The van der Waals surface area contributed by atoms with Gasteiger partial charge in [-0.15, -0.1) is 23.1 Å². The summed E-state index contributed by atoms with van der Waals surface area (Å²) in [6.07, 6.45) is 4.92. The molecule has 0 bridgehead atoms. The molecule has 4 amide bonds. The zero-order chi connectivity index (χ0) is 31.1. The molecule has 0 radical (unpaired) electrons. The number of carbonyl (C=O) groups is 5. The number of allylic oxidation sites excluding steroid dienone is 1. The Balaban J connectivity index is 1.39. The van der Waals surface area contributed by atoms with Crippen LogP contribution in [0.1, 0.15) is 39.3 Å². The van der Waals surface area contributed by atoms with E-state index in [9.17, 15) is 29.1 Å². The lowest BCUT2D eigenvalue weighted by atomic mass is 10.0. The zero-order valence-electron chi connectivity index (χ0n) is 23.7.